The minimum absolute atomic E-state index is 0.0912. The van der Waals surface area contributed by atoms with E-state index in [1.54, 1.807) is 0 Å². The molecule has 2 N–H and O–H groups in total. The van der Waals surface area contributed by atoms with Crippen molar-refractivity contribution in [3.63, 3.8) is 0 Å². The van der Waals surface area contributed by atoms with Gasteiger partial charge in [-0.05, 0) is 49.9 Å². The highest BCUT2D eigenvalue weighted by Gasteiger charge is 2.38. The van der Waals surface area contributed by atoms with E-state index in [1.807, 2.05) is 19.9 Å². The zero-order chi connectivity index (χ0) is 14.9. The molecule has 1 amide bonds. The summed E-state index contributed by atoms with van der Waals surface area (Å²) in [6.07, 6.45) is 1.11. The summed E-state index contributed by atoms with van der Waals surface area (Å²) in [6, 6.07) is 6.73. The van der Waals surface area contributed by atoms with Crippen LogP contribution in [0, 0.1) is 5.92 Å². The molecular formula is C17H26N2O. The SMILES string of the molecule is CCNC(CC(C)C)c1ccc2c(c1)C(C)(C)C(=O)N2. The van der Waals surface area contributed by atoms with E-state index in [0.29, 0.717) is 12.0 Å². The van der Waals surface area contributed by atoms with Gasteiger partial charge in [0, 0.05) is 11.7 Å². The minimum Gasteiger partial charge on any atom is -0.325 e. The first-order valence-electron chi connectivity index (χ1n) is 7.55. The molecular weight excluding hydrogens is 248 g/mol. The van der Waals surface area contributed by atoms with Crippen molar-refractivity contribution in [1.29, 1.82) is 0 Å². The maximum atomic E-state index is 12.0. The van der Waals surface area contributed by atoms with Crippen molar-refractivity contribution in [2.75, 3.05) is 11.9 Å². The largest absolute Gasteiger partial charge is 0.325 e. The van der Waals surface area contributed by atoms with Gasteiger partial charge >= 0.3 is 0 Å². The number of rotatable bonds is 5. The number of nitrogens with one attached hydrogen (secondary N) is 2. The molecule has 3 heteroatoms. The van der Waals surface area contributed by atoms with Crippen molar-refractivity contribution in [3.05, 3.63) is 29.3 Å². The first-order valence-corrected chi connectivity index (χ1v) is 7.55. The minimum atomic E-state index is -0.431. The van der Waals surface area contributed by atoms with Crippen molar-refractivity contribution < 1.29 is 4.79 Å². The molecule has 0 aliphatic carbocycles. The molecule has 2 rings (SSSR count). The zero-order valence-corrected chi connectivity index (χ0v) is 13.2. The van der Waals surface area contributed by atoms with Crippen LogP contribution in [0.15, 0.2) is 18.2 Å². The molecule has 1 aromatic carbocycles. The lowest BCUT2D eigenvalue weighted by Crippen LogP contribution is -2.27. The van der Waals surface area contributed by atoms with Crippen molar-refractivity contribution >= 4 is 11.6 Å². The van der Waals surface area contributed by atoms with Crippen LogP contribution in [-0.4, -0.2) is 12.5 Å². The van der Waals surface area contributed by atoms with Crippen LogP contribution < -0.4 is 10.6 Å². The van der Waals surface area contributed by atoms with E-state index in [0.717, 1.165) is 24.2 Å². The van der Waals surface area contributed by atoms with Crippen LogP contribution in [0.1, 0.15) is 58.2 Å². The molecule has 1 unspecified atom stereocenters. The second-order valence-corrected chi connectivity index (χ2v) is 6.62. The highest BCUT2D eigenvalue weighted by atomic mass is 16.2. The van der Waals surface area contributed by atoms with E-state index in [-0.39, 0.29) is 5.91 Å². The molecule has 1 aliphatic heterocycles. The van der Waals surface area contributed by atoms with Gasteiger partial charge in [-0.1, -0.05) is 32.9 Å². The van der Waals surface area contributed by atoms with Gasteiger partial charge < -0.3 is 10.6 Å². The van der Waals surface area contributed by atoms with Crippen LogP contribution in [0.5, 0.6) is 0 Å². The Morgan fingerprint density at radius 2 is 2.00 bits per heavy atom. The molecule has 1 atom stereocenters. The number of fused-ring (bicyclic) bond motifs is 1. The second kappa shape index (κ2) is 5.57. The highest BCUT2D eigenvalue weighted by molar-refractivity contribution is 6.05. The number of anilines is 1. The number of carbonyl (C=O) groups excluding carboxylic acids is 1. The molecule has 3 nitrogen and oxygen atoms in total. The third kappa shape index (κ3) is 2.73. The summed E-state index contributed by atoms with van der Waals surface area (Å²) >= 11 is 0. The number of carbonyl (C=O) groups is 1. The molecule has 0 saturated carbocycles. The van der Waals surface area contributed by atoms with Gasteiger partial charge in [-0.25, -0.2) is 0 Å². The zero-order valence-electron chi connectivity index (χ0n) is 13.2. The normalized spacial score (nSPS) is 18.0. The monoisotopic (exact) mass is 274 g/mol. The first-order chi connectivity index (χ1) is 9.36. The predicted octanol–water partition coefficient (Wildman–Crippen LogP) is 3.61. The lowest BCUT2D eigenvalue weighted by molar-refractivity contribution is -0.119. The average Bonchev–Trinajstić information content (AvgIpc) is 2.59. The van der Waals surface area contributed by atoms with E-state index in [9.17, 15) is 4.79 Å². The van der Waals surface area contributed by atoms with Crippen molar-refractivity contribution in [2.45, 2.75) is 52.5 Å². The number of amides is 1. The summed E-state index contributed by atoms with van der Waals surface area (Å²) in [7, 11) is 0. The summed E-state index contributed by atoms with van der Waals surface area (Å²) in [5.74, 6) is 0.730. The van der Waals surface area contributed by atoms with Gasteiger partial charge in [0.1, 0.15) is 0 Å². The fourth-order valence-corrected chi connectivity index (χ4v) is 2.86. The van der Waals surface area contributed by atoms with E-state index < -0.39 is 5.41 Å². The molecule has 0 fully saturated rings. The molecule has 20 heavy (non-hydrogen) atoms. The third-order valence-electron chi connectivity index (χ3n) is 4.09. The van der Waals surface area contributed by atoms with Crippen LogP contribution in [0.3, 0.4) is 0 Å². The van der Waals surface area contributed by atoms with Crippen LogP contribution in [0.25, 0.3) is 0 Å². The van der Waals surface area contributed by atoms with Gasteiger partial charge in [0.25, 0.3) is 0 Å². The Labute approximate surface area is 122 Å². The molecule has 0 saturated heterocycles. The predicted molar refractivity (Wildman–Crippen MR) is 84.0 cm³/mol. The quantitative estimate of drug-likeness (QED) is 0.861. The Morgan fingerprint density at radius 3 is 2.60 bits per heavy atom. The van der Waals surface area contributed by atoms with Crippen LogP contribution >= 0.6 is 0 Å². The van der Waals surface area contributed by atoms with E-state index >= 15 is 0 Å². The average molecular weight is 274 g/mol. The summed E-state index contributed by atoms with van der Waals surface area (Å²) in [4.78, 5) is 12.0. The number of hydrogen-bond acceptors (Lipinski definition) is 2. The summed E-state index contributed by atoms with van der Waals surface area (Å²) < 4.78 is 0. The third-order valence-corrected chi connectivity index (χ3v) is 4.09. The lowest BCUT2D eigenvalue weighted by atomic mass is 9.84. The fourth-order valence-electron chi connectivity index (χ4n) is 2.86. The van der Waals surface area contributed by atoms with Gasteiger partial charge in [0.05, 0.1) is 5.41 Å². The number of hydrogen-bond donors (Lipinski definition) is 2. The van der Waals surface area contributed by atoms with Crippen LogP contribution in [0.4, 0.5) is 5.69 Å². The Morgan fingerprint density at radius 1 is 1.30 bits per heavy atom. The summed E-state index contributed by atoms with van der Waals surface area (Å²) in [5.41, 5.74) is 2.93. The molecule has 110 valence electrons. The van der Waals surface area contributed by atoms with Gasteiger partial charge in [-0.15, -0.1) is 0 Å². The molecule has 1 heterocycles. The molecule has 0 bridgehead atoms. The molecule has 0 spiro atoms. The van der Waals surface area contributed by atoms with E-state index in [2.05, 4.69) is 43.5 Å². The van der Waals surface area contributed by atoms with E-state index in [1.165, 1.54) is 5.56 Å². The lowest BCUT2D eigenvalue weighted by Gasteiger charge is -2.22. The van der Waals surface area contributed by atoms with Gasteiger partial charge in [0.2, 0.25) is 5.91 Å². The van der Waals surface area contributed by atoms with Crippen molar-refractivity contribution in [3.8, 4) is 0 Å². The van der Waals surface area contributed by atoms with Crippen LogP contribution in [0.2, 0.25) is 0 Å². The van der Waals surface area contributed by atoms with Gasteiger partial charge in [-0.3, -0.25) is 4.79 Å². The maximum absolute atomic E-state index is 12.0. The molecule has 1 aliphatic rings. The Hall–Kier alpha value is -1.35. The molecule has 0 radical (unpaired) electrons. The smallest absolute Gasteiger partial charge is 0.234 e. The van der Waals surface area contributed by atoms with Crippen molar-refractivity contribution in [2.24, 2.45) is 5.92 Å². The highest BCUT2D eigenvalue weighted by Crippen LogP contribution is 2.39. The fraction of sp³-hybridized carbons (Fsp3) is 0.588. The van der Waals surface area contributed by atoms with Gasteiger partial charge in [0.15, 0.2) is 0 Å². The Kier molecular flexibility index (Phi) is 4.19. The Bertz CT molecular complexity index is 506. The van der Waals surface area contributed by atoms with Crippen LogP contribution in [-0.2, 0) is 10.2 Å². The van der Waals surface area contributed by atoms with E-state index in [4.69, 9.17) is 0 Å². The molecule has 0 aromatic heterocycles. The topological polar surface area (TPSA) is 41.1 Å². The first kappa shape index (κ1) is 15.0. The van der Waals surface area contributed by atoms with Crippen molar-refractivity contribution in [1.82, 2.24) is 5.32 Å². The number of benzene rings is 1. The Balaban J connectivity index is 2.35. The second-order valence-electron chi connectivity index (χ2n) is 6.62. The summed E-state index contributed by atoms with van der Waals surface area (Å²) in [6.45, 7) is 11.6. The molecule has 1 aromatic rings. The van der Waals surface area contributed by atoms with Gasteiger partial charge in [-0.2, -0.15) is 0 Å². The maximum Gasteiger partial charge on any atom is 0.234 e. The summed E-state index contributed by atoms with van der Waals surface area (Å²) in [5, 5.41) is 6.52. The standard InChI is InChI=1S/C17H26N2O/c1-6-18-15(9-11(2)3)12-7-8-14-13(10-12)17(4,5)16(20)19-14/h7-8,10-11,15,18H,6,9H2,1-5H3,(H,19,20).